The lowest BCUT2D eigenvalue weighted by molar-refractivity contribution is -0.123. The second-order valence-electron chi connectivity index (χ2n) is 4.03. The van der Waals surface area contributed by atoms with Crippen LogP contribution in [0.1, 0.15) is 25.7 Å². The van der Waals surface area contributed by atoms with E-state index in [-0.39, 0.29) is 18.5 Å². The molecule has 0 aromatic carbocycles. The zero-order valence-corrected chi connectivity index (χ0v) is 8.91. The van der Waals surface area contributed by atoms with Crippen LogP contribution < -0.4 is 5.32 Å². The summed E-state index contributed by atoms with van der Waals surface area (Å²) in [6, 6.07) is -0.127. The van der Waals surface area contributed by atoms with Crippen molar-refractivity contribution in [1.29, 1.82) is 0 Å². The van der Waals surface area contributed by atoms with E-state index in [0.29, 0.717) is 0 Å². The smallest absolute Gasteiger partial charge is 0.242 e. The summed E-state index contributed by atoms with van der Waals surface area (Å²) in [7, 11) is 0. The first-order valence-corrected chi connectivity index (χ1v) is 5.44. The van der Waals surface area contributed by atoms with E-state index in [0.717, 1.165) is 25.7 Å². The monoisotopic (exact) mass is 225 g/mol. The molecule has 2 N–H and O–H groups in total. The fourth-order valence-corrected chi connectivity index (χ4v) is 1.93. The average molecular weight is 225 g/mol. The molecule has 1 fully saturated rings. The number of rotatable bonds is 3. The van der Waals surface area contributed by atoms with E-state index in [2.05, 4.69) is 20.8 Å². The highest BCUT2D eigenvalue weighted by molar-refractivity contribution is 5.75. The summed E-state index contributed by atoms with van der Waals surface area (Å²) in [5.74, 6) is -0.168. The predicted molar refractivity (Wildman–Crippen MR) is 54.2 cm³/mol. The summed E-state index contributed by atoms with van der Waals surface area (Å²) >= 11 is 0. The molecule has 2 unspecified atom stereocenters. The van der Waals surface area contributed by atoms with Crippen molar-refractivity contribution in [3.63, 3.8) is 0 Å². The van der Waals surface area contributed by atoms with E-state index in [1.165, 1.54) is 11.0 Å². The number of carbonyl (C=O) groups is 1. The van der Waals surface area contributed by atoms with Crippen LogP contribution in [0.4, 0.5) is 0 Å². The van der Waals surface area contributed by atoms with Crippen LogP contribution in [0.15, 0.2) is 6.33 Å². The van der Waals surface area contributed by atoms with Crippen molar-refractivity contribution in [3.05, 3.63) is 6.33 Å². The second-order valence-corrected chi connectivity index (χ2v) is 4.03. The van der Waals surface area contributed by atoms with Crippen LogP contribution in [0.3, 0.4) is 0 Å². The van der Waals surface area contributed by atoms with Gasteiger partial charge in [0, 0.05) is 0 Å². The Bertz CT molecular complexity index is 340. The van der Waals surface area contributed by atoms with Crippen molar-refractivity contribution in [2.24, 2.45) is 0 Å². The maximum absolute atomic E-state index is 11.6. The van der Waals surface area contributed by atoms with E-state index >= 15 is 0 Å². The number of hydrogen-bond acceptors (Lipinski definition) is 5. The lowest BCUT2D eigenvalue weighted by atomic mass is 9.92. The van der Waals surface area contributed by atoms with Crippen LogP contribution in [0.5, 0.6) is 0 Å². The topological polar surface area (TPSA) is 92.9 Å². The molecule has 1 amide bonds. The van der Waals surface area contributed by atoms with Gasteiger partial charge < -0.3 is 10.4 Å². The van der Waals surface area contributed by atoms with Crippen LogP contribution in [0.2, 0.25) is 0 Å². The molecule has 1 aromatic rings. The first-order chi connectivity index (χ1) is 7.75. The zero-order valence-electron chi connectivity index (χ0n) is 8.91. The maximum Gasteiger partial charge on any atom is 0.242 e. The molecule has 0 saturated heterocycles. The van der Waals surface area contributed by atoms with Gasteiger partial charge in [0.1, 0.15) is 12.9 Å². The predicted octanol–water partition coefficient (Wildman–Crippen LogP) is -0.907. The third kappa shape index (κ3) is 2.75. The largest absolute Gasteiger partial charge is 0.391 e. The number of nitrogens with one attached hydrogen (secondary N) is 1. The summed E-state index contributed by atoms with van der Waals surface area (Å²) < 4.78 is 1.35. The molecular weight excluding hydrogens is 210 g/mol. The first-order valence-electron chi connectivity index (χ1n) is 5.44. The second kappa shape index (κ2) is 5.02. The van der Waals surface area contributed by atoms with Gasteiger partial charge in [-0.15, -0.1) is 5.10 Å². The minimum Gasteiger partial charge on any atom is -0.391 e. The van der Waals surface area contributed by atoms with Crippen LogP contribution in [0.25, 0.3) is 0 Å². The van der Waals surface area contributed by atoms with Gasteiger partial charge >= 0.3 is 0 Å². The summed E-state index contributed by atoms with van der Waals surface area (Å²) in [5, 5.41) is 23.0. The van der Waals surface area contributed by atoms with Gasteiger partial charge in [-0.3, -0.25) is 4.79 Å². The van der Waals surface area contributed by atoms with E-state index in [1.54, 1.807) is 0 Å². The van der Waals surface area contributed by atoms with Crippen molar-refractivity contribution in [2.75, 3.05) is 0 Å². The number of carbonyl (C=O) groups excluding carboxylic acids is 1. The Morgan fingerprint density at radius 2 is 2.31 bits per heavy atom. The molecule has 1 saturated carbocycles. The number of aliphatic hydroxyl groups is 1. The number of aromatic nitrogens is 4. The Morgan fingerprint density at radius 3 is 3.00 bits per heavy atom. The third-order valence-electron chi connectivity index (χ3n) is 2.77. The van der Waals surface area contributed by atoms with Crippen molar-refractivity contribution in [1.82, 2.24) is 25.5 Å². The van der Waals surface area contributed by atoms with Crippen molar-refractivity contribution < 1.29 is 9.90 Å². The summed E-state index contributed by atoms with van der Waals surface area (Å²) in [5.41, 5.74) is 0. The van der Waals surface area contributed by atoms with E-state index in [9.17, 15) is 9.90 Å². The molecule has 1 aliphatic carbocycles. The molecule has 0 bridgehead atoms. The lowest BCUT2D eigenvalue weighted by Gasteiger charge is -2.28. The molecule has 2 atom stereocenters. The highest BCUT2D eigenvalue weighted by atomic mass is 16.3. The first kappa shape index (κ1) is 11.0. The third-order valence-corrected chi connectivity index (χ3v) is 2.77. The Balaban J connectivity index is 1.82. The fourth-order valence-electron chi connectivity index (χ4n) is 1.93. The van der Waals surface area contributed by atoms with Crippen molar-refractivity contribution in [3.8, 4) is 0 Å². The van der Waals surface area contributed by atoms with Gasteiger partial charge in [0.25, 0.3) is 0 Å². The van der Waals surface area contributed by atoms with Gasteiger partial charge in [0.15, 0.2) is 0 Å². The summed E-state index contributed by atoms with van der Waals surface area (Å²) in [4.78, 5) is 11.6. The molecule has 88 valence electrons. The molecule has 16 heavy (non-hydrogen) atoms. The van der Waals surface area contributed by atoms with Gasteiger partial charge in [0.2, 0.25) is 5.91 Å². The fraction of sp³-hybridized carbons (Fsp3) is 0.778. The van der Waals surface area contributed by atoms with Gasteiger partial charge in [-0.1, -0.05) is 12.8 Å². The molecular formula is C9H15N5O2. The van der Waals surface area contributed by atoms with Gasteiger partial charge in [-0.2, -0.15) is 0 Å². The molecule has 0 spiro atoms. The number of nitrogens with zero attached hydrogens (tertiary/aromatic N) is 4. The Hall–Kier alpha value is -1.50. The van der Waals surface area contributed by atoms with Crippen molar-refractivity contribution in [2.45, 2.75) is 44.4 Å². The molecule has 0 aliphatic heterocycles. The van der Waals surface area contributed by atoms with Crippen LogP contribution in [0, 0.1) is 0 Å². The summed E-state index contributed by atoms with van der Waals surface area (Å²) in [6.07, 6.45) is 4.63. The normalized spacial score (nSPS) is 25.3. The van der Waals surface area contributed by atoms with E-state index < -0.39 is 6.10 Å². The Morgan fingerprint density at radius 1 is 1.50 bits per heavy atom. The van der Waals surface area contributed by atoms with E-state index in [4.69, 9.17) is 0 Å². The van der Waals surface area contributed by atoms with Gasteiger partial charge in [-0.25, -0.2) is 4.68 Å². The minimum absolute atomic E-state index is 0.0935. The molecule has 0 radical (unpaired) electrons. The molecule has 1 aromatic heterocycles. The lowest BCUT2D eigenvalue weighted by Crippen LogP contribution is -2.46. The quantitative estimate of drug-likeness (QED) is 0.695. The van der Waals surface area contributed by atoms with Crippen LogP contribution in [-0.4, -0.2) is 43.4 Å². The van der Waals surface area contributed by atoms with Crippen LogP contribution >= 0.6 is 0 Å². The van der Waals surface area contributed by atoms with Gasteiger partial charge in [0.05, 0.1) is 12.1 Å². The standard InChI is InChI=1S/C9H15N5O2/c15-8-4-2-1-3-7(8)11-9(16)5-14-6-10-12-13-14/h6-8,15H,1-5H2,(H,11,16). The SMILES string of the molecule is O=C(Cn1cnnn1)NC1CCCCC1O. The Labute approximate surface area is 92.8 Å². The zero-order chi connectivity index (χ0) is 11.4. The minimum atomic E-state index is -0.424. The Kier molecular flexibility index (Phi) is 3.45. The molecule has 2 rings (SSSR count). The van der Waals surface area contributed by atoms with Gasteiger partial charge in [-0.05, 0) is 23.3 Å². The molecule has 1 heterocycles. The molecule has 7 nitrogen and oxygen atoms in total. The molecule has 7 heteroatoms. The number of aliphatic hydroxyl groups excluding tert-OH is 1. The number of tetrazole rings is 1. The van der Waals surface area contributed by atoms with Crippen molar-refractivity contribution >= 4 is 5.91 Å². The maximum atomic E-state index is 11.6. The number of amides is 1. The van der Waals surface area contributed by atoms with Crippen LogP contribution in [-0.2, 0) is 11.3 Å². The highest BCUT2D eigenvalue weighted by Gasteiger charge is 2.24. The number of hydrogen-bond donors (Lipinski definition) is 2. The summed E-state index contributed by atoms with van der Waals surface area (Å²) in [6.45, 7) is 0.0935. The molecule has 1 aliphatic rings. The van der Waals surface area contributed by atoms with E-state index in [1.807, 2.05) is 0 Å². The highest BCUT2D eigenvalue weighted by Crippen LogP contribution is 2.18. The average Bonchev–Trinajstić information content (AvgIpc) is 2.74.